The lowest BCUT2D eigenvalue weighted by Gasteiger charge is -2.20. The maximum atomic E-state index is 11.3. The first-order chi connectivity index (χ1) is 11.7. The number of nitrogens with zero attached hydrogens (tertiary/aromatic N) is 2. The molecule has 2 atom stereocenters. The molecule has 1 aromatic heterocycles. The number of aliphatic hydroxyl groups excluding tert-OH is 1. The summed E-state index contributed by atoms with van der Waals surface area (Å²) in [5.74, 6) is 0.867. The van der Waals surface area contributed by atoms with Gasteiger partial charge in [0.15, 0.2) is 0 Å². The highest BCUT2D eigenvalue weighted by atomic mass is 79.9. The van der Waals surface area contributed by atoms with Crippen LogP contribution in [0, 0.1) is 0 Å². The molecule has 8 nitrogen and oxygen atoms in total. The molecule has 25 heavy (non-hydrogen) atoms. The van der Waals surface area contributed by atoms with Crippen molar-refractivity contribution < 1.29 is 13.5 Å². The third-order valence-electron chi connectivity index (χ3n) is 3.54. The molecule has 0 saturated carbocycles. The van der Waals surface area contributed by atoms with Gasteiger partial charge in [0.05, 0.1) is 21.5 Å². The molecular weight excluding hydrogens is 410 g/mol. The third kappa shape index (κ3) is 5.36. The molecule has 10 heteroatoms. The second kappa shape index (κ2) is 8.09. The molecule has 0 saturated heterocycles. The average molecular weight is 430 g/mol. The predicted molar refractivity (Wildman–Crippen MR) is 100 cm³/mol. The zero-order valence-corrected chi connectivity index (χ0v) is 16.2. The topological polar surface area (TPSA) is 130 Å². The van der Waals surface area contributed by atoms with Gasteiger partial charge in [-0.2, -0.15) is 4.98 Å². The van der Waals surface area contributed by atoms with Crippen molar-refractivity contribution in [1.29, 1.82) is 0 Å². The zero-order valence-electron chi connectivity index (χ0n) is 13.8. The number of aliphatic hydroxyl groups is 1. The van der Waals surface area contributed by atoms with Crippen molar-refractivity contribution in [3.05, 3.63) is 34.9 Å². The number of anilines is 3. The number of rotatable bonds is 7. The van der Waals surface area contributed by atoms with Crippen molar-refractivity contribution >= 4 is 43.4 Å². The minimum Gasteiger partial charge on any atom is -0.391 e. The van der Waals surface area contributed by atoms with Gasteiger partial charge in [-0.3, -0.25) is 0 Å². The number of hydrogen-bond acceptors (Lipinski definition) is 7. The Labute approximate surface area is 155 Å². The number of sulfonamides is 1. The average Bonchev–Trinajstić information content (AvgIpc) is 2.56. The molecule has 2 unspecified atom stereocenters. The van der Waals surface area contributed by atoms with Gasteiger partial charge in [0.25, 0.3) is 0 Å². The maximum absolute atomic E-state index is 11.3. The van der Waals surface area contributed by atoms with Gasteiger partial charge in [-0.25, -0.2) is 18.5 Å². The molecule has 0 amide bonds. The molecule has 2 aromatic rings. The molecule has 0 aliphatic heterocycles. The largest absolute Gasteiger partial charge is 0.391 e. The van der Waals surface area contributed by atoms with Crippen LogP contribution in [0.3, 0.4) is 0 Å². The van der Waals surface area contributed by atoms with E-state index in [0.29, 0.717) is 28.3 Å². The second-order valence-electron chi connectivity index (χ2n) is 5.49. The summed E-state index contributed by atoms with van der Waals surface area (Å²) in [4.78, 5) is 8.55. The van der Waals surface area contributed by atoms with Gasteiger partial charge in [0, 0.05) is 11.9 Å². The van der Waals surface area contributed by atoms with Crippen molar-refractivity contribution in [1.82, 2.24) is 9.97 Å². The second-order valence-corrected chi connectivity index (χ2v) is 7.91. The van der Waals surface area contributed by atoms with E-state index in [9.17, 15) is 13.5 Å². The van der Waals surface area contributed by atoms with E-state index in [1.165, 1.54) is 12.1 Å². The number of aromatic nitrogens is 2. The van der Waals surface area contributed by atoms with Crippen LogP contribution in [-0.4, -0.2) is 35.6 Å². The fourth-order valence-corrected chi connectivity index (χ4v) is 2.87. The van der Waals surface area contributed by atoms with Crippen molar-refractivity contribution in [3.63, 3.8) is 0 Å². The summed E-state index contributed by atoms with van der Waals surface area (Å²) in [6.07, 6.45) is 1.71. The summed E-state index contributed by atoms with van der Waals surface area (Å²) >= 11 is 3.37. The van der Waals surface area contributed by atoms with Crippen molar-refractivity contribution in [2.75, 3.05) is 10.6 Å². The fourth-order valence-electron chi connectivity index (χ4n) is 2.05. The van der Waals surface area contributed by atoms with Crippen LogP contribution in [0.5, 0.6) is 0 Å². The van der Waals surface area contributed by atoms with Crippen LogP contribution >= 0.6 is 15.9 Å². The zero-order chi connectivity index (χ0) is 18.6. The standard InChI is InChI=1S/C15H20BrN5O3S/c1-3-13(22)9(2)19-14-12(16)8-18-15(21-14)20-10-4-6-11(7-5-10)25(17,23)24/h4-9,13,22H,3H2,1-2H3,(H2,17,23,24)(H2,18,19,20,21). The van der Waals surface area contributed by atoms with Crippen LogP contribution in [0.15, 0.2) is 39.8 Å². The number of benzene rings is 1. The van der Waals surface area contributed by atoms with E-state index in [1.54, 1.807) is 18.3 Å². The van der Waals surface area contributed by atoms with Crippen LogP contribution in [-0.2, 0) is 10.0 Å². The number of hydrogen-bond donors (Lipinski definition) is 4. The summed E-state index contributed by atoms with van der Waals surface area (Å²) < 4.78 is 23.2. The molecule has 0 aliphatic carbocycles. The van der Waals surface area contributed by atoms with Gasteiger partial charge in [0.2, 0.25) is 16.0 Å². The molecule has 0 spiro atoms. The first-order valence-corrected chi connectivity index (χ1v) is 9.91. The lowest BCUT2D eigenvalue weighted by Crippen LogP contribution is -2.30. The van der Waals surface area contributed by atoms with Gasteiger partial charge >= 0.3 is 0 Å². The molecule has 0 fully saturated rings. The molecule has 2 rings (SSSR count). The first kappa shape index (κ1) is 19.6. The molecular formula is C15H20BrN5O3S. The third-order valence-corrected chi connectivity index (χ3v) is 5.05. The Bertz CT molecular complexity index is 830. The van der Waals surface area contributed by atoms with Gasteiger partial charge < -0.3 is 15.7 Å². The monoisotopic (exact) mass is 429 g/mol. The van der Waals surface area contributed by atoms with E-state index >= 15 is 0 Å². The summed E-state index contributed by atoms with van der Waals surface area (Å²) in [6, 6.07) is 5.76. The highest BCUT2D eigenvalue weighted by molar-refractivity contribution is 9.10. The van der Waals surface area contributed by atoms with Crippen molar-refractivity contribution in [2.45, 2.75) is 37.3 Å². The Hall–Kier alpha value is -1.75. The van der Waals surface area contributed by atoms with Crippen LogP contribution < -0.4 is 15.8 Å². The van der Waals surface area contributed by atoms with Crippen LogP contribution in [0.25, 0.3) is 0 Å². The summed E-state index contributed by atoms with van der Waals surface area (Å²) in [5, 5.41) is 21.1. The SMILES string of the molecule is CCC(O)C(C)Nc1nc(Nc2ccc(S(N)(=O)=O)cc2)ncc1Br. The van der Waals surface area contributed by atoms with Crippen molar-refractivity contribution in [3.8, 4) is 0 Å². The summed E-state index contributed by atoms with van der Waals surface area (Å²) in [6.45, 7) is 3.76. The lowest BCUT2D eigenvalue weighted by atomic mass is 10.1. The highest BCUT2D eigenvalue weighted by Gasteiger charge is 2.15. The fraction of sp³-hybridized carbons (Fsp3) is 0.333. The van der Waals surface area contributed by atoms with E-state index in [2.05, 4.69) is 36.5 Å². The van der Waals surface area contributed by atoms with Gasteiger partial charge in [-0.05, 0) is 53.5 Å². The van der Waals surface area contributed by atoms with E-state index in [4.69, 9.17) is 5.14 Å². The minimum atomic E-state index is -3.73. The molecule has 0 aliphatic rings. The van der Waals surface area contributed by atoms with E-state index in [0.717, 1.165) is 0 Å². The normalized spacial score (nSPS) is 14.0. The molecule has 0 bridgehead atoms. The number of primary sulfonamides is 1. The molecule has 5 N–H and O–H groups in total. The highest BCUT2D eigenvalue weighted by Crippen LogP contribution is 2.23. The van der Waals surface area contributed by atoms with Crippen LogP contribution in [0.1, 0.15) is 20.3 Å². The molecule has 1 aromatic carbocycles. The molecule has 136 valence electrons. The van der Waals surface area contributed by atoms with Gasteiger partial charge in [-0.1, -0.05) is 6.92 Å². The maximum Gasteiger partial charge on any atom is 0.238 e. The van der Waals surface area contributed by atoms with Gasteiger partial charge in [0.1, 0.15) is 5.82 Å². The van der Waals surface area contributed by atoms with Crippen LogP contribution in [0.2, 0.25) is 0 Å². The number of nitrogens with two attached hydrogens (primary N) is 1. The van der Waals surface area contributed by atoms with Crippen molar-refractivity contribution in [2.24, 2.45) is 5.14 Å². The smallest absolute Gasteiger partial charge is 0.238 e. The summed E-state index contributed by atoms with van der Waals surface area (Å²) in [7, 11) is -3.73. The Balaban J connectivity index is 2.16. The molecule has 0 radical (unpaired) electrons. The Kier molecular flexibility index (Phi) is 6.33. The van der Waals surface area contributed by atoms with E-state index in [1.807, 2.05) is 13.8 Å². The summed E-state index contributed by atoms with van der Waals surface area (Å²) in [5.41, 5.74) is 0.613. The Morgan fingerprint density at radius 1 is 1.32 bits per heavy atom. The Morgan fingerprint density at radius 3 is 2.52 bits per heavy atom. The quantitative estimate of drug-likeness (QED) is 0.530. The lowest BCUT2D eigenvalue weighted by molar-refractivity contribution is 0.154. The Morgan fingerprint density at radius 2 is 1.96 bits per heavy atom. The number of halogens is 1. The van der Waals surface area contributed by atoms with E-state index in [-0.39, 0.29) is 10.9 Å². The molecule has 1 heterocycles. The predicted octanol–water partition coefficient (Wildman–Crippen LogP) is 2.20. The minimum absolute atomic E-state index is 0.0273. The van der Waals surface area contributed by atoms with Crippen LogP contribution in [0.4, 0.5) is 17.5 Å². The number of nitrogens with one attached hydrogen (secondary N) is 2. The van der Waals surface area contributed by atoms with Gasteiger partial charge in [-0.15, -0.1) is 0 Å². The first-order valence-electron chi connectivity index (χ1n) is 7.57. The van der Waals surface area contributed by atoms with E-state index < -0.39 is 16.1 Å².